The van der Waals surface area contributed by atoms with Gasteiger partial charge in [-0.25, -0.2) is 0 Å². The van der Waals surface area contributed by atoms with Crippen molar-refractivity contribution in [2.24, 2.45) is 11.8 Å². The van der Waals surface area contributed by atoms with Crippen molar-refractivity contribution < 1.29 is 4.79 Å². The summed E-state index contributed by atoms with van der Waals surface area (Å²) in [6, 6.07) is 18.5. The third kappa shape index (κ3) is 5.93. The van der Waals surface area contributed by atoms with Crippen molar-refractivity contribution in [2.75, 3.05) is 13.1 Å². The average molecular weight is 379 g/mol. The highest BCUT2D eigenvalue weighted by atomic mass is 16.1. The largest absolute Gasteiger partial charge is 0.345 e. The summed E-state index contributed by atoms with van der Waals surface area (Å²) in [5, 5.41) is 3.24. The predicted octanol–water partition coefficient (Wildman–Crippen LogP) is 5.44. The summed E-state index contributed by atoms with van der Waals surface area (Å²) < 4.78 is 0. The third-order valence-electron chi connectivity index (χ3n) is 5.71. The molecule has 1 heterocycles. The molecule has 3 rings (SSSR count). The van der Waals surface area contributed by atoms with Gasteiger partial charge >= 0.3 is 0 Å². The quantitative estimate of drug-likeness (QED) is 0.696. The van der Waals surface area contributed by atoms with Gasteiger partial charge in [0.15, 0.2) is 0 Å². The van der Waals surface area contributed by atoms with Crippen LogP contribution in [0.1, 0.15) is 67.6 Å². The number of carbonyl (C=O) groups is 1. The molecule has 1 amide bonds. The number of rotatable bonds is 7. The first-order valence-electron chi connectivity index (χ1n) is 10.7. The van der Waals surface area contributed by atoms with Crippen LogP contribution in [0, 0.1) is 11.8 Å². The zero-order chi connectivity index (χ0) is 19.9. The van der Waals surface area contributed by atoms with Gasteiger partial charge in [-0.1, -0.05) is 63.2 Å². The van der Waals surface area contributed by atoms with Crippen molar-refractivity contribution in [2.45, 2.75) is 52.6 Å². The van der Waals surface area contributed by atoms with Crippen molar-refractivity contribution >= 4 is 5.91 Å². The Labute approximate surface area is 170 Å². The van der Waals surface area contributed by atoms with E-state index < -0.39 is 0 Å². The SMILES string of the molecule is CC(C)C[C@H](NC(=O)c1ccc(CN2CCC(C)CC2)cc1)c1ccccc1. The number of hydrogen-bond acceptors (Lipinski definition) is 2. The molecule has 3 nitrogen and oxygen atoms in total. The van der Waals surface area contributed by atoms with E-state index in [4.69, 9.17) is 0 Å². The van der Waals surface area contributed by atoms with Gasteiger partial charge in [0.2, 0.25) is 0 Å². The fourth-order valence-electron chi connectivity index (χ4n) is 3.92. The molecule has 1 aliphatic rings. The summed E-state index contributed by atoms with van der Waals surface area (Å²) in [6.07, 6.45) is 3.51. The number of piperidine rings is 1. The van der Waals surface area contributed by atoms with Crippen molar-refractivity contribution in [1.29, 1.82) is 0 Å². The van der Waals surface area contributed by atoms with Crippen LogP contribution in [0.15, 0.2) is 54.6 Å². The molecule has 0 aliphatic carbocycles. The number of amides is 1. The van der Waals surface area contributed by atoms with Crippen LogP contribution >= 0.6 is 0 Å². The molecule has 3 heteroatoms. The van der Waals surface area contributed by atoms with Crippen LogP contribution in [-0.4, -0.2) is 23.9 Å². The second kappa shape index (κ2) is 9.88. The van der Waals surface area contributed by atoms with Crippen LogP contribution in [-0.2, 0) is 6.54 Å². The second-order valence-corrected chi connectivity index (χ2v) is 8.72. The van der Waals surface area contributed by atoms with E-state index in [1.807, 2.05) is 30.3 Å². The van der Waals surface area contributed by atoms with Gasteiger partial charge in [0, 0.05) is 12.1 Å². The molecule has 0 unspecified atom stereocenters. The van der Waals surface area contributed by atoms with E-state index in [2.05, 4.69) is 55.3 Å². The topological polar surface area (TPSA) is 32.3 Å². The van der Waals surface area contributed by atoms with E-state index in [1.165, 1.54) is 37.1 Å². The molecular formula is C25H34N2O. The van der Waals surface area contributed by atoms with Gasteiger partial charge in [0.1, 0.15) is 0 Å². The van der Waals surface area contributed by atoms with Crippen LogP contribution in [0.2, 0.25) is 0 Å². The van der Waals surface area contributed by atoms with Crippen LogP contribution in [0.4, 0.5) is 0 Å². The molecule has 1 fully saturated rings. The first-order chi connectivity index (χ1) is 13.5. The monoisotopic (exact) mass is 378 g/mol. The summed E-state index contributed by atoms with van der Waals surface area (Å²) in [5.74, 6) is 1.37. The van der Waals surface area contributed by atoms with E-state index in [1.54, 1.807) is 0 Å². The van der Waals surface area contributed by atoms with Gasteiger partial charge in [-0.15, -0.1) is 0 Å². The van der Waals surface area contributed by atoms with Gasteiger partial charge in [-0.2, -0.15) is 0 Å². The minimum atomic E-state index is 0.00727. The van der Waals surface area contributed by atoms with Gasteiger partial charge in [-0.3, -0.25) is 9.69 Å². The first kappa shape index (κ1) is 20.6. The summed E-state index contributed by atoms with van der Waals surface area (Å²) in [4.78, 5) is 15.3. The lowest BCUT2D eigenvalue weighted by atomic mass is 9.96. The summed E-state index contributed by atoms with van der Waals surface area (Å²) in [5.41, 5.74) is 3.19. The minimum absolute atomic E-state index is 0.00727. The molecule has 2 aromatic carbocycles. The number of nitrogens with zero attached hydrogens (tertiary/aromatic N) is 1. The zero-order valence-electron chi connectivity index (χ0n) is 17.5. The zero-order valence-corrected chi connectivity index (χ0v) is 17.5. The van der Waals surface area contributed by atoms with Crippen LogP contribution in [0.3, 0.4) is 0 Å². The van der Waals surface area contributed by atoms with Gasteiger partial charge in [0.05, 0.1) is 6.04 Å². The Bertz CT molecular complexity index is 731. The van der Waals surface area contributed by atoms with E-state index in [0.29, 0.717) is 5.92 Å². The van der Waals surface area contributed by atoms with Crippen molar-refractivity contribution in [3.63, 3.8) is 0 Å². The molecule has 1 N–H and O–H groups in total. The van der Waals surface area contributed by atoms with Gasteiger partial charge in [0.25, 0.3) is 5.91 Å². The molecule has 2 aromatic rings. The maximum absolute atomic E-state index is 12.8. The molecule has 0 radical (unpaired) electrons. The Morgan fingerprint density at radius 1 is 1.04 bits per heavy atom. The maximum Gasteiger partial charge on any atom is 0.251 e. The second-order valence-electron chi connectivity index (χ2n) is 8.72. The van der Waals surface area contributed by atoms with Crippen molar-refractivity contribution in [1.82, 2.24) is 10.2 Å². The summed E-state index contributed by atoms with van der Waals surface area (Å²) in [6.45, 7) is 10.1. The van der Waals surface area contributed by atoms with Gasteiger partial charge in [-0.05, 0) is 67.4 Å². The number of carbonyl (C=O) groups excluding carboxylic acids is 1. The normalized spacial score (nSPS) is 16.9. The lowest BCUT2D eigenvalue weighted by Crippen LogP contribution is -2.32. The number of benzene rings is 2. The van der Waals surface area contributed by atoms with E-state index >= 15 is 0 Å². The van der Waals surface area contributed by atoms with Gasteiger partial charge < -0.3 is 5.32 Å². The molecule has 1 saturated heterocycles. The highest BCUT2D eigenvalue weighted by Gasteiger charge is 2.18. The lowest BCUT2D eigenvalue weighted by molar-refractivity contribution is 0.0932. The Hall–Kier alpha value is -2.13. The van der Waals surface area contributed by atoms with Crippen LogP contribution in [0.5, 0.6) is 0 Å². The van der Waals surface area contributed by atoms with Crippen molar-refractivity contribution in [3.8, 4) is 0 Å². The fraction of sp³-hybridized carbons (Fsp3) is 0.480. The third-order valence-corrected chi connectivity index (χ3v) is 5.71. The molecule has 0 saturated carbocycles. The Kier molecular flexibility index (Phi) is 7.27. The fourth-order valence-corrected chi connectivity index (χ4v) is 3.92. The lowest BCUT2D eigenvalue weighted by Gasteiger charge is -2.30. The molecule has 150 valence electrons. The highest BCUT2D eigenvalue weighted by Crippen LogP contribution is 2.22. The highest BCUT2D eigenvalue weighted by molar-refractivity contribution is 5.94. The number of likely N-dealkylation sites (tertiary alicyclic amines) is 1. The average Bonchev–Trinajstić information content (AvgIpc) is 2.70. The standard InChI is InChI=1S/C25H34N2O/c1-19(2)17-24(22-7-5-4-6-8-22)26-25(28)23-11-9-21(10-12-23)18-27-15-13-20(3)14-16-27/h4-12,19-20,24H,13-18H2,1-3H3,(H,26,28)/t24-/m0/s1. The maximum atomic E-state index is 12.8. The van der Waals surface area contributed by atoms with Crippen molar-refractivity contribution in [3.05, 3.63) is 71.3 Å². The number of hydrogen-bond donors (Lipinski definition) is 1. The van der Waals surface area contributed by atoms with Crippen LogP contribution < -0.4 is 5.32 Å². The number of nitrogens with one attached hydrogen (secondary N) is 1. The molecule has 1 atom stereocenters. The Balaban J connectivity index is 1.61. The predicted molar refractivity (Wildman–Crippen MR) is 116 cm³/mol. The summed E-state index contributed by atoms with van der Waals surface area (Å²) >= 11 is 0. The van der Waals surface area contributed by atoms with E-state index in [0.717, 1.165) is 24.4 Å². The molecule has 1 aliphatic heterocycles. The Morgan fingerprint density at radius 3 is 2.29 bits per heavy atom. The van der Waals surface area contributed by atoms with Crippen LogP contribution in [0.25, 0.3) is 0 Å². The minimum Gasteiger partial charge on any atom is -0.345 e. The van der Waals surface area contributed by atoms with E-state index in [9.17, 15) is 4.79 Å². The summed E-state index contributed by atoms with van der Waals surface area (Å²) in [7, 11) is 0. The smallest absolute Gasteiger partial charge is 0.251 e. The Morgan fingerprint density at radius 2 is 1.68 bits per heavy atom. The molecule has 0 bridgehead atoms. The molecular weight excluding hydrogens is 344 g/mol. The molecule has 0 aromatic heterocycles. The van der Waals surface area contributed by atoms with E-state index in [-0.39, 0.29) is 11.9 Å². The molecule has 0 spiro atoms. The molecule has 28 heavy (non-hydrogen) atoms. The first-order valence-corrected chi connectivity index (χ1v) is 10.7.